The average Bonchev–Trinajstić information content (AvgIpc) is 2.78. The zero-order valence-electron chi connectivity index (χ0n) is 9.71. The number of amides is 1. The van der Waals surface area contributed by atoms with Gasteiger partial charge in [0, 0.05) is 29.0 Å². The van der Waals surface area contributed by atoms with E-state index in [0.29, 0.717) is 5.02 Å². The van der Waals surface area contributed by atoms with Gasteiger partial charge in [-0.1, -0.05) is 11.6 Å². The van der Waals surface area contributed by atoms with Gasteiger partial charge in [-0.2, -0.15) is 0 Å². The maximum atomic E-state index is 10.9. The van der Waals surface area contributed by atoms with Crippen LogP contribution in [0.2, 0.25) is 5.02 Å². The molecule has 0 bridgehead atoms. The Labute approximate surface area is 110 Å². The van der Waals surface area contributed by atoms with Gasteiger partial charge in [-0.05, 0) is 36.4 Å². The third kappa shape index (κ3) is 2.72. The maximum absolute atomic E-state index is 10.9. The summed E-state index contributed by atoms with van der Waals surface area (Å²) >= 11 is 5.85. The molecule has 0 aliphatic rings. The Balaban J connectivity index is 2.32. The fourth-order valence-electron chi connectivity index (χ4n) is 1.85. The molecule has 0 aliphatic heterocycles. The van der Waals surface area contributed by atoms with Gasteiger partial charge in [-0.25, -0.2) is 0 Å². The Morgan fingerprint density at radius 1 is 1.28 bits per heavy atom. The number of aromatic nitrogens is 1. The molecule has 1 aromatic heterocycles. The number of nitrogens with zero attached hydrogens (tertiary/aromatic N) is 1. The highest BCUT2D eigenvalue weighted by Gasteiger charge is 2.13. The van der Waals surface area contributed by atoms with Crippen LogP contribution in [0.1, 0.15) is 18.2 Å². The number of halogens is 1. The minimum absolute atomic E-state index is 0.123. The summed E-state index contributed by atoms with van der Waals surface area (Å²) in [6.07, 6.45) is 2.01. The number of primary amides is 1. The normalized spacial score (nSPS) is 12.3. The molecule has 1 amide bonds. The van der Waals surface area contributed by atoms with Crippen LogP contribution in [0.5, 0.6) is 0 Å². The largest absolute Gasteiger partial charge is 0.370 e. The lowest BCUT2D eigenvalue weighted by Crippen LogP contribution is -2.22. The van der Waals surface area contributed by atoms with Crippen molar-refractivity contribution in [3.63, 3.8) is 0 Å². The highest BCUT2D eigenvalue weighted by molar-refractivity contribution is 6.30. The second kappa shape index (κ2) is 5.25. The number of carbonyl (C=O) groups is 1. The smallest absolute Gasteiger partial charge is 0.219 e. The van der Waals surface area contributed by atoms with E-state index < -0.39 is 11.9 Å². The van der Waals surface area contributed by atoms with Crippen molar-refractivity contribution in [2.45, 2.75) is 12.5 Å². The van der Waals surface area contributed by atoms with E-state index in [1.807, 2.05) is 35.0 Å². The van der Waals surface area contributed by atoms with E-state index in [4.69, 9.17) is 23.1 Å². The van der Waals surface area contributed by atoms with Gasteiger partial charge < -0.3 is 16.0 Å². The molecule has 2 rings (SSSR count). The first-order valence-electron chi connectivity index (χ1n) is 5.55. The molecule has 0 spiro atoms. The van der Waals surface area contributed by atoms with Gasteiger partial charge in [-0.3, -0.25) is 4.79 Å². The fraction of sp³-hybridized carbons (Fsp3) is 0.154. The third-order valence-electron chi connectivity index (χ3n) is 2.69. The molecule has 94 valence electrons. The van der Waals surface area contributed by atoms with Crippen LogP contribution in [0, 0.1) is 0 Å². The molecule has 0 radical (unpaired) electrons. The van der Waals surface area contributed by atoms with Crippen molar-refractivity contribution in [1.82, 2.24) is 4.57 Å². The summed E-state index contributed by atoms with van der Waals surface area (Å²) in [4.78, 5) is 10.9. The van der Waals surface area contributed by atoms with Gasteiger partial charge in [0.15, 0.2) is 0 Å². The number of hydrogen-bond acceptors (Lipinski definition) is 2. The molecular weight excluding hydrogens is 250 g/mol. The number of rotatable bonds is 4. The van der Waals surface area contributed by atoms with E-state index in [2.05, 4.69) is 0 Å². The molecule has 5 heteroatoms. The lowest BCUT2D eigenvalue weighted by molar-refractivity contribution is -0.118. The van der Waals surface area contributed by atoms with Gasteiger partial charge in [0.05, 0.1) is 6.04 Å². The zero-order chi connectivity index (χ0) is 13.1. The summed E-state index contributed by atoms with van der Waals surface area (Å²) in [5.74, 6) is -0.411. The first kappa shape index (κ1) is 12.7. The molecule has 1 aromatic carbocycles. The summed E-state index contributed by atoms with van der Waals surface area (Å²) in [7, 11) is 0. The van der Waals surface area contributed by atoms with Gasteiger partial charge in [0.25, 0.3) is 0 Å². The number of carbonyl (C=O) groups excluding carboxylic acids is 1. The van der Waals surface area contributed by atoms with Crippen LogP contribution < -0.4 is 11.5 Å². The van der Waals surface area contributed by atoms with Gasteiger partial charge >= 0.3 is 0 Å². The van der Waals surface area contributed by atoms with Crippen molar-refractivity contribution >= 4 is 17.5 Å². The standard InChI is InChI=1S/C13H14ClN3O/c14-9-3-5-10(6-4-9)17-7-1-2-12(17)11(15)8-13(16)18/h1-7,11H,8,15H2,(H2,16,18). The van der Waals surface area contributed by atoms with Gasteiger partial charge in [-0.15, -0.1) is 0 Å². The second-order valence-electron chi connectivity index (χ2n) is 4.06. The fourth-order valence-corrected chi connectivity index (χ4v) is 1.98. The van der Waals surface area contributed by atoms with Crippen LogP contribution >= 0.6 is 11.6 Å². The molecule has 1 atom stereocenters. The van der Waals surface area contributed by atoms with Crippen molar-refractivity contribution in [2.75, 3.05) is 0 Å². The van der Waals surface area contributed by atoms with Crippen LogP contribution in [0.25, 0.3) is 5.69 Å². The number of nitrogens with two attached hydrogens (primary N) is 2. The Kier molecular flexibility index (Phi) is 3.69. The van der Waals surface area contributed by atoms with Crippen molar-refractivity contribution < 1.29 is 4.79 Å². The summed E-state index contributed by atoms with van der Waals surface area (Å²) < 4.78 is 1.92. The third-order valence-corrected chi connectivity index (χ3v) is 2.94. The van der Waals surface area contributed by atoms with E-state index in [1.54, 1.807) is 12.1 Å². The topological polar surface area (TPSA) is 74.0 Å². The number of benzene rings is 1. The molecular formula is C13H14ClN3O. The molecule has 1 unspecified atom stereocenters. The molecule has 0 saturated carbocycles. The average molecular weight is 264 g/mol. The lowest BCUT2D eigenvalue weighted by Gasteiger charge is -2.14. The van der Waals surface area contributed by atoms with E-state index >= 15 is 0 Å². The predicted octanol–water partition coefficient (Wildman–Crippen LogP) is 2.01. The number of hydrogen-bond donors (Lipinski definition) is 2. The van der Waals surface area contributed by atoms with Crippen molar-refractivity contribution in [3.8, 4) is 5.69 Å². The molecule has 4 nitrogen and oxygen atoms in total. The summed E-state index contributed by atoms with van der Waals surface area (Å²) in [6, 6.07) is 10.7. The highest BCUT2D eigenvalue weighted by Crippen LogP contribution is 2.21. The SMILES string of the molecule is NC(=O)CC(N)c1cccn1-c1ccc(Cl)cc1. The molecule has 0 fully saturated rings. The second-order valence-corrected chi connectivity index (χ2v) is 4.49. The van der Waals surface area contributed by atoms with E-state index in [1.165, 1.54) is 0 Å². The van der Waals surface area contributed by atoms with E-state index in [9.17, 15) is 4.79 Å². The van der Waals surface area contributed by atoms with Crippen LogP contribution in [-0.2, 0) is 4.79 Å². The quantitative estimate of drug-likeness (QED) is 0.885. The first-order chi connectivity index (χ1) is 8.58. The van der Waals surface area contributed by atoms with E-state index in [-0.39, 0.29) is 6.42 Å². The minimum Gasteiger partial charge on any atom is -0.370 e. The zero-order valence-corrected chi connectivity index (χ0v) is 10.5. The minimum atomic E-state index is -0.411. The molecule has 4 N–H and O–H groups in total. The summed E-state index contributed by atoms with van der Waals surface area (Å²) in [5.41, 5.74) is 12.9. The van der Waals surface area contributed by atoms with Crippen LogP contribution in [-0.4, -0.2) is 10.5 Å². The lowest BCUT2D eigenvalue weighted by atomic mass is 10.1. The van der Waals surface area contributed by atoms with Crippen LogP contribution in [0.4, 0.5) is 0 Å². The highest BCUT2D eigenvalue weighted by atomic mass is 35.5. The van der Waals surface area contributed by atoms with Crippen molar-refractivity contribution in [1.29, 1.82) is 0 Å². The van der Waals surface area contributed by atoms with E-state index in [0.717, 1.165) is 11.4 Å². The molecule has 1 heterocycles. The molecule has 18 heavy (non-hydrogen) atoms. The Bertz CT molecular complexity index is 548. The monoisotopic (exact) mass is 263 g/mol. The summed E-state index contributed by atoms with van der Waals surface area (Å²) in [5, 5.41) is 0.675. The molecule has 2 aromatic rings. The van der Waals surface area contributed by atoms with Crippen molar-refractivity contribution in [3.05, 3.63) is 53.3 Å². The Hall–Kier alpha value is -1.78. The maximum Gasteiger partial charge on any atom is 0.219 e. The molecule has 0 saturated heterocycles. The van der Waals surface area contributed by atoms with Gasteiger partial charge in [0.1, 0.15) is 0 Å². The van der Waals surface area contributed by atoms with Crippen molar-refractivity contribution in [2.24, 2.45) is 11.5 Å². The van der Waals surface area contributed by atoms with Gasteiger partial charge in [0.2, 0.25) is 5.91 Å². The van der Waals surface area contributed by atoms with Crippen LogP contribution in [0.15, 0.2) is 42.6 Å². The Morgan fingerprint density at radius 2 is 1.94 bits per heavy atom. The Morgan fingerprint density at radius 3 is 2.56 bits per heavy atom. The first-order valence-corrected chi connectivity index (χ1v) is 5.93. The summed E-state index contributed by atoms with van der Waals surface area (Å²) in [6.45, 7) is 0. The molecule has 0 aliphatic carbocycles. The predicted molar refractivity (Wildman–Crippen MR) is 71.5 cm³/mol. The van der Waals surface area contributed by atoms with Crippen LogP contribution in [0.3, 0.4) is 0 Å².